The highest BCUT2D eigenvalue weighted by atomic mass is 32.2. The summed E-state index contributed by atoms with van der Waals surface area (Å²) < 4.78 is 25.8. The van der Waals surface area contributed by atoms with Gasteiger partial charge in [-0.3, -0.25) is 4.72 Å². The standard InChI is InChI=1S/C10H13NO2S/c1-8-4-2-3-5-10(8)11-14(12,13)9-6-7-9/h2-5,9,11H,6-7H2,1H3. The van der Waals surface area contributed by atoms with Crippen molar-refractivity contribution >= 4 is 15.7 Å². The lowest BCUT2D eigenvalue weighted by molar-refractivity contribution is 0.600. The van der Waals surface area contributed by atoms with Crippen LogP contribution in [0, 0.1) is 6.92 Å². The van der Waals surface area contributed by atoms with Crippen molar-refractivity contribution in [3.05, 3.63) is 29.8 Å². The van der Waals surface area contributed by atoms with Crippen LogP contribution in [0.3, 0.4) is 0 Å². The Hall–Kier alpha value is -1.03. The summed E-state index contributed by atoms with van der Waals surface area (Å²) in [5, 5.41) is -0.165. The number of aryl methyl sites for hydroxylation is 1. The van der Waals surface area contributed by atoms with Gasteiger partial charge in [-0.25, -0.2) is 8.42 Å². The van der Waals surface area contributed by atoms with E-state index in [9.17, 15) is 8.42 Å². The van der Waals surface area contributed by atoms with Gasteiger partial charge in [0.05, 0.1) is 10.9 Å². The van der Waals surface area contributed by atoms with Crippen LogP contribution < -0.4 is 4.72 Å². The monoisotopic (exact) mass is 211 g/mol. The molecule has 1 aliphatic carbocycles. The molecule has 1 saturated carbocycles. The van der Waals surface area contributed by atoms with E-state index in [-0.39, 0.29) is 5.25 Å². The van der Waals surface area contributed by atoms with Crippen molar-refractivity contribution in [1.82, 2.24) is 0 Å². The van der Waals surface area contributed by atoms with E-state index < -0.39 is 10.0 Å². The van der Waals surface area contributed by atoms with Crippen molar-refractivity contribution in [3.63, 3.8) is 0 Å². The lowest BCUT2D eigenvalue weighted by Gasteiger charge is -2.08. The average Bonchev–Trinajstić information content (AvgIpc) is 2.91. The topological polar surface area (TPSA) is 46.2 Å². The van der Waals surface area contributed by atoms with Crippen molar-refractivity contribution < 1.29 is 8.42 Å². The summed E-state index contributed by atoms with van der Waals surface area (Å²) in [5.41, 5.74) is 1.65. The zero-order chi connectivity index (χ0) is 10.2. The maximum Gasteiger partial charge on any atom is 0.235 e. The molecule has 0 bridgehead atoms. The molecule has 1 aromatic rings. The van der Waals surface area contributed by atoms with Crippen molar-refractivity contribution in [2.24, 2.45) is 0 Å². The van der Waals surface area contributed by atoms with Crippen LogP contribution in [0.25, 0.3) is 0 Å². The Morgan fingerprint density at radius 2 is 1.93 bits per heavy atom. The number of hydrogen-bond donors (Lipinski definition) is 1. The Labute approximate surface area is 84.2 Å². The molecule has 0 saturated heterocycles. The van der Waals surface area contributed by atoms with E-state index in [0.29, 0.717) is 5.69 Å². The zero-order valence-corrected chi connectivity index (χ0v) is 8.84. The molecule has 0 amide bonds. The van der Waals surface area contributed by atoms with Gasteiger partial charge in [-0.1, -0.05) is 18.2 Å². The Bertz CT molecular complexity index is 435. The number of benzene rings is 1. The number of nitrogens with one attached hydrogen (secondary N) is 1. The summed E-state index contributed by atoms with van der Waals surface area (Å²) in [6.07, 6.45) is 1.59. The lowest BCUT2D eigenvalue weighted by atomic mass is 10.2. The minimum absolute atomic E-state index is 0.165. The van der Waals surface area contributed by atoms with Crippen LogP contribution >= 0.6 is 0 Å². The van der Waals surface area contributed by atoms with E-state index in [4.69, 9.17) is 0 Å². The molecule has 0 spiro atoms. The molecule has 1 fully saturated rings. The first-order valence-electron chi connectivity index (χ1n) is 4.67. The van der Waals surface area contributed by atoms with Crippen molar-refractivity contribution in [2.45, 2.75) is 25.0 Å². The molecule has 3 nitrogen and oxygen atoms in total. The maximum atomic E-state index is 11.6. The van der Waals surface area contributed by atoms with E-state index >= 15 is 0 Å². The summed E-state index contributed by atoms with van der Waals surface area (Å²) in [4.78, 5) is 0. The Balaban J connectivity index is 2.22. The van der Waals surface area contributed by atoms with Crippen LogP contribution in [0.4, 0.5) is 5.69 Å². The minimum atomic E-state index is -3.11. The van der Waals surface area contributed by atoms with Crippen LogP contribution in [0.15, 0.2) is 24.3 Å². The number of anilines is 1. The normalized spacial score (nSPS) is 16.6. The summed E-state index contributed by atoms with van der Waals surface area (Å²) in [6.45, 7) is 1.89. The summed E-state index contributed by atoms with van der Waals surface area (Å²) >= 11 is 0. The first-order valence-corrected chi connectivity index (χ1v) is 6.21. The summed E-state index contributed by atoms with van der Waals surface area (Å²) in [5.74, 6) is 0. The predicted molar refractivity (Wildman–Crippen MR) is 56.7 cm³/mol. The van der Waals surface area contributed by atoms with Crippen LogP contribution in [0.5, 0.6) is 0 Å². The SMILES string of the molecule is Cc1ccccc1NS(=O)(=O)C1CC1. The van der Waals surface area contributed by atoms with Crippen molar-refractivity contribution in [3.8, 4) is 0 Å². The highest BCUT2D eigenvalue weighted by Gasteiger charge is 2.35. The molecule has 0 aromatic heterocycles. The highest BCUT2D eigenvalue weighted by molar-refractivity contribution is 7.93. The van der Waals surface area contributed by atoms with Gasteiger partial charge in [-0.05, 0) is 31.4 Å². The number of sulfonamides is 1. The highest BCUT2D eigenvalue weighted by Crippen LogP contribution is 2.30. The molecule has 4 heteroatoms. The second kappa shape index (κ2) is 3.28. The maximum absolute atomic E-state index is 11.6. The van der Waals surface area contributed by atoms with Gasteiger partial charge in [-0.15, -0.1) is 0 Å². The second-order valence-electron chi connectivity index (χ2n) is 3.66. The third-order valence-electron chi connectivity index (χ3n) is 2.36. The van der Waals surface area contributed by atoms with Gasteiger partial charge in [0.15, 0.2) is 0 Å². The predicted octanol–water partition coefficient (Wildman–Crippen LogP) is 1.90. The van der Waals surface area contributed by atoms with E-state index in [0.717, 1.165) is 18.4 Å². The molecule has 0 atom stereocenters. The zero-order valence-electron chi connectivity index (χ0n) is 8.03. The number of para-hydroxylation sites is 1. The minimum Gasteiger partial charge on any atom is -0.283 e. The van der Waals surface area contributed by atoms with Gasteiger partial charge in [0.2, 0.25) is 10.0 Å². The molecule has 2 rings (SSSR count). The summed E-state index contributed by atoms with van der Waals surface area (Å²) in [7, 11) is -3.11. The van der Waals surface area contributed by atoms with Gasteiger partial charge in [-0.2, -0.15) is 0 Å². The quantitative estimate of drug-likeness (QED) is 0.830. The molecular formula is C10H13NO2S. The molecule has 0 unspecified atom stereocenters. The molecule has 1 aliphatic rings. The van der Waals surface area contributed by atoms with E-state index in [2.05, 4.69) is 4.72 Å². The fraction of sp³-hybridized carbons (Fsp3) is 0.400. The summed E-state index contributed by atoms with van der Waals surface area (Å²) in [6, 6.07) is 7.40. The van der Waals surface area contributed by atoms with Crippen LogP contribution in [0.2, 0.25) is 0 Å². The van der Waals surface area contributed by atoms with Gasteiger partial charge in [0.25, 0.3) is 0 Å². The molecule has 0 aliphatic heterocycles. The molecule has 0 radical (unpaired) electrons. The first-order chi connectivity index (χ1) is 6.59. The van der Waals surface area contributed by atoms with Gasteiger partial charge < -0.3 is 0 Å². The second-order valence-corrected chi connectivity index (χ2v) is 5.62. The van der Waals surface area contributed by atoms with Crippen molar-refractivity contribution in [1.29, 1.82) is 0 Å². The van der Waals surface area contributed by atoms with Crippen LogP contribution in [-0.2, 0) is 10.0 Å². The smallest absolute Gasteiger partial charge is 0.235 e. The van der Waals surface area contributed by atoms with Gasteiger partial charge >= 0.3 is 0 Å². The fourth-order valence-electron chi connectivity index (χ4n) is 1.30. The molecular weight excluding hydrogens is 198 g/mol. The number of hydrogen-bond acceptors (Lipinski definition) is 2. The van der Waals surface area contributed by atoms with E-state index in [1.54, 1.807) is 6.07 Å². The molecule has 14 heavy (non-hydrogen) atoms. The Kier molecular flexibility index (Phi) is 2.23. The fourth-order valence-corrected chi connectivity index (χ4v) is 2.76. The van der Waals surface area contributed by atoms with E-state index in [1.807, 2.05) is 25.1 Å². The molecule has 1 aromatic carbocycles. The van der Waals surface area contributed by atoms with Crippen LogP contribution in [-0.4, -0.2) is 13.7 Å². The molecule has 0 heterocycles. The van der Waals surface area contributed by atoms with E-state index in [1.165, 1.54) is 0 Å². The van der Waals surface area contributed by atoms with Crippen molar-refractivity contribution in [2.75, 3.05) is 4.72 Å². The average molecular weight is 211 g/mol. The third-order valence-corrected chi connectivity index (χ3v) is 4.21. The molecule has 1 N–H and O–H groups in total. The first kappa shape index (κ1) is 9.52. The van der Waals surface area contributed by atoms with Gasteiger partial charge in [0, 0.05) is 0 Å². The van der Waals surface area contributed by atoms with Gasteiger partial charge in [0.1, 0.15) is 0 Å². The lowest BCUT2D eigenvalue weighted by Crippen LogP contribution is -2.17. The Morgan fingerprint density at radius 1 is 1.29 bits per heavy atom. The van der Waals surface area contributed by atoms with Crippen LogP contribution in [0.1, 0.15) is 18.4 Å². The third kappa shape index (κ3) is 1.90. The Morgan fingerprint density at radius 3 is 2.50 bits per heavy atom. The number of rotatable bonds is 3. The molecule has 76 valence electrons. The largest absolute Gasteiger partial charge is 0.283 e.